The number of hydrogen-bond donors (Lipinski definition) is 1. The summed E-state index contributed by atoms with van der Waals surface area (Å²) in [5, 5.41) is 4.09. The number of pyridine rings is 1. The number of nitrogens with one attached hydrogen (secondary N) is 1. The third kappa shape index (κ3) is 11.4. The molecule has 3 fully saturated rings. The van der Waals surface area contributed by atoms with Crippen LogP contribution in [0.1, 0.15) is 159 Å². The van der Waals surface area contributed by atoms with Crippen molar-refractivity contribution in [2.24, 2.45) is 5.92 Å². The van der Waals surface area contributed by atoms with Crippen LogP contribution in [0.4, 0.5) is 0 Å². The first-order valence-corrected chi connectivity index (χ1v) is 15.1. The Kier molecular flexibility index (Phi) is 14.2. The van der Waals surface area contributed by atoms with E-state index in [4.69, 9.17) is 0 Å². The van der Waals surface area contributed by atoms with Crippen molar-refractivity contribution in [2.75, 3.05) is 0 Å². The Morgan fingerprint density at radius 1 is 0.545 bits per heavy atom. The van der Waals surface area contributed by atoms with Crippen LogP contribution in [0.25, 0.3) is 0 Å². The van der Waals surface area contributed by atoms with Gasteiger partial charge >= 0.3 is 0 Å². The Morgan fingerprint density at radius 3 is 1.52 bits per heavy atom. The monoisotopic (exact) mass is 454 g/mol. The van der Waals surface area contributed by atoms with Gasteiger partial charge in [-0.15, -0.1) is 0 Å². The molecule has 3 atom stereocenters. The average molecular weight is 455 g/mol. The number of piperidine rings is 1. The van der Waals surface area contributed by atoms with Crippen LogP contribution in [0.2, 0.25) is 0 Å². The van der Waals surface area contributed by atoms with E-state index >= 15 is 0 Å². The Bertz CT molecular complexity index is 568. The Hall–Kier alpha value is -0.890. The molecule has 2 aliphatic heterocycles. The predicted molar refractivity (Wildman–Crippen MR) is 144 cm³/mol. The summed E-state index contributed by atoms with van der Waals surface area (Å²) in [5.74, 6) is 0.792. The number of nitrogens with zero attached hydrogens (tertiary/aromatic N) is 1. The lowest BCUT2D eigenvalue weighted by Gasteiger charge is -2.38. The van der Waals surface area contributed by atoms with Crippen molar-refractivity contribution in [1.29, 1.82) is 0 Å². The standard InChI is InChI=1S/C31H54N2/c1-2-4-6-8-10-12-14-16-18-21-28-24-25-30(33-31(28)29-22-20-26-32-27-29)23-19-17-15-13-11-9-7-5-3-1/h20,22,26-28,30-31,33H,1-19,21,23-25H2. The first-order valence-electron chi connectivity index (χ1n) is 15.1. The highest BCUT2D eigenvalue weighted by atomic mass is 15.0. The largest absolute Gasteiger partial charge is 0.307 e. The second kappa shape index (κ2) is 17.5. The number of fused-ring (bicyclic) bond motifs is 22. The molecule has 1 aromatic heterocycles. The van der Waals surface area contributed by atoms with Crippen molar-refractivity contribution >= 4 is 0 Å². The topological polar surface area (TPSA) is 24.9 Å². The average Bonchev–Trinajstić information content (AvgIpc) is 2.85. The molecule has 0 amide bonds. The lowest BCUT2D eigenvalue weighted by Crippen LogP contribution is -2.41. The van der Waals surface area contributed by atoms with Gasteiger partial charge < -0.3 is 5.32 Å². The first-order chi connectivity index (χ1) is 16.4. The van der Waals surface area contributed by atoms with E-state index in [0.29, 0.717) is 12.1 Å². The van der Waals surface area contributed by atoms with Crippen molar-refractivity contribution < 1.29 is 0 Å². The van der Waals surface area contributed by atoms with Crippen LogP contribution in [0.15, 0.2) is 24.5 Å². The van der Waals surface area contributed by atoms with E-state index in [1.165, 1.54) is 153 Å². The number of aromatic nitrogens is 1. The van der Waals surface area contributed by atoms with Gasteiger partial charge in [0.2, 0.25) is 0 Å². The van der Waals surface area contributed by atoms with Gasteiger partial charge in [-0.05, 0) is 43.2 Å². The van der Waals surface area contributed by atoms with Crippen LogP contribution in [0.3, 0.4) is 0 Å². The van der Waals surface area contributed by atoms with Crippen molar-refractivity contribution in [2.45, 2.75) is 160 Å². The van der Waals surface area contributed by atoms with Crippen LogP contribution in [0.5, 0.6) is 0 Å². The van der Waals surface area contributed by atoms with E-state index in [-0.39, 0.29) is 0 Å². The van der Waals surface area contributed by atoms with Gasteiger partial charge in [-0.1, -0.05) is 128 Å². The highest BCUT2D eigenvalue weighted by Crippen LogP contribution is 2.36. The summed E-state index contributed by atoms with van der Waals surface area (Å²) >= 11 is 0. The quantitative estimate of drug-likeness (QED) is 0.456. The van der Waals surface area contributed by atoms with Gasteiger partial charge in [-0.2, -0.15) is 0 Å². The molecule has 2 bridgehead atoms. The van der Waals surface area contributed by atoms with Crippen LogP contribution in [-0.4, -0.2) is 11.0 Å². The summed E-state index contributed by atoms with van der Waals surface area (Å²) in [7, 11) is 0. The molecule has 3 heterocycles. The Morgan fingerprint density at radius 2 is 1.03 bits per heavy atom. The molecule has 3 aliphatic rings. The molecule has 2 saturated heterocycles. The fourth-order valence-electron chi connectivity index (χ4n) is 6.32. The Labute approximate surface area is 206 Å². The third-order valence-corrected chi connectivity index (χ3v) is 8.44. The summed E-state index contributed by atoms with van der Waals surface area (Å²) < 4.78 is 0. The molecule has 0 radical (unpaired) electrons. The molecule has 33 heavy (non-hydrogen) atoms. The lowest BCUT2D eigenvalue weighted by molar-refractivity contribution is 0.207. The summed E-state index contributed by atoms with van der Waals surface area (Å²) in [4.78, 5) is 4.45. The van der Waals surface area contributed by atoms with E-state index in [1.807, 2.05) is 6.20 Å². The molecule has 1 aliphatic carbocycles. The molecule has 4 rings (SSSR count). The van der Waals surface area contributed by atoms with E-state index in [0.717, 1.165) is 5.92 Å². The minimum Gasteiger partial charge on any atom is -0.307 e. The maximum absolute atomic E-state index is 4.45. The van der Waals surface area contributed by atoms with E-state index < -0.39 is 0 Å². The summed E-state index contributed by atoms with van der Waals surface area (Å²) in [6, 6.07) is 5.66. The summed E-state index contributed by atoms with van der Waals surface area (Å²) in [6.45, 7) is 0. The van der Waals surface area contributed by atoms with Crippen LogP contribution >= 0.6 is 0 Å². The minimum atomic E-state index is 0.520. The van der Waals surface area contributed by atoms with Crippen molar-refractivity contribution in [1.82, 2.24) is 10.3 Å². The van der Waals surface area contributed by atoms with Crippen molar-refractivity contribution in [3.63, 3.8) is 0 Å². The molecular weight excluding hydrogens is 400 g/mol. The van der Waals surface area contributed by atoms with E-state index in [1.54, 1.807) is 0 Å². The molecule has 2 heteroatoms. The van der Waals surface area contributed by atoms with Gasteiger partial charge in [0.25, 0.3) is 0 Å². The van der Waals surface area contributed by atoms with Gasteiger partial charge in [0.05, 0.1) is 0 Å². The molecule has 1 aromatic rings. The predicted octanol–water partition coefficient (Wildman–Crippen LogP) is 9.70. The summed E-state index contributed by atoms with van der Waals surface area (Å²) in [5.41, 5.74) is 1.42. The third-order valence-electron chi connectivity index (χ3n) is 8.44. The second-order valence-electron chi connectivity index (χ2n) is 11.3. The number of hydrogen-bond acceptors (Lipinski definition) is 2. The molecule has 0 spiro atoms. The first kappa shape index (κ1) is 26.7. The molecule has 188 valence electrons. The van der Waals surface area contributed by atoms with Gasteiger partial charge in [0, 0.05) is 24.5 Å². The normalized spacial score (nSPS) is 29.0. The van der Waals surface area contributed by atoms with Crippen LogP contribution < -0.4 is 5.32 Å². The molecule has 0 aromatic carbocycles. The molecule has 3 unspecified atom stereocenters. The maximum Gasteiger partial charge on any atom is 0.0366 e. The smallest absolute Gasteiger partial charge is 0.0366 e. The molecular formula is C31H54N2. The molecule has 1 saturated carbocycles. The van der Waals surface area contributed by atoms with Crippen LogP contribution in [0, 0.1) is 5.92 Å². The highest BCUT2D eigenvalue weighted by Gasteiger charge is 2.30. The lowest BCUT2D eigenvalue weighted by atomic mass is 9.80. The second-order valence-corrected chi connectivity index (χ2v) is 11.3. The van der Waals surface area contributed by atoms with E-state index in [9.17, 15) is 0 Å². The Balaban J connectivity index is 1.45. The maximum atomic E-state index is 4.45. The van der Waals surface area contributed by atoms with Gasteiger partial charge in [0.15, 0.2) is 0 Å². The minimum absolute atomic E-state index is 0.520. The van der Waals surface area contributed by atoms with Gasteiger partial charge in [-0.3, -0.25) is 4.98 Å². The van der Waals surface area contributed by atoms with Gasteiger partial charge in [0.1, 0.15) is 0 Å². The molecule has 1 N–H and O–H groups in total. The SMILES string of the molecule is c1cncc(C2NC3CCCCCCCCCCCCCCCCCCCCCC2CC3)c1. The van der Waals surface area contributed by atoms with Crippen molar-refractivity contribution in [3.05, 3.63) is 30.1 Å². The molecule has 2 nitrogen and oxygen atoms in total. The zero-order valence-corrected chi connectivity index (χ0v) is 21.8. The summed E-state index contributed by atoms with van der Waals surface area (Å²) in [6.07, 6.45) is 37.3. The number of rotatable bonds is 1. The fourth-order valence-corrected chi connectivity index (χ4v) is 6.32. The zero-order chi connectivity index (χ0) is 22.8. The van der Waals surface area contributed by atoms with Crippen molar-refractivity contribution in [3.8, 4) is 0 Å². The fraction of sp³-hybridized carbons (Fsp3) is 0.839. The van der Waals surface area contributed by atoms with Gasteiger partial charge in [-0.25, -0.2) is 0 Å². The van der Waals surface area contributed by atoms with E-state index in [2.05, 4.69) is 28.6 Å². The zero-order valence-electron chi connectivity index (χ0n) is 21.8. The van der Waals surface area contributed by atoms with Crippen LogP contribution in [-0.2, 0) is 0 Å². The highest BCUT2D eigenvalue weighted by molar-refractivity contribution is 5.16.